The normalized spacial score (nSPS) is 14.2. The molecular weight excluding hydrogens is 539 g/mol. The second kappa shape index (κ2) is 12.4. The fraction of sp³-hybridized carbons (Fsp3) is 0.156. The minimum atomic E-state index is -0.0909. The first-order valence-corrected chi connectivity index (χ1v) is 14.1. The molecule has 202 valence electrons. The molecule has 0 spiro atoms. The largest absolute Gasteiger partial charge is 0.497 e. The number of amides is 1. The SMILES string of the molecule is C=CCOc1ccc(-c2nn(-c3ccccc3)cc2/C=C2\SC(=S)N(CCc3ccc(OC)cc3)C2=O)c(C)c1. The van der Waals surface area contributed by atoms with Crippen molar-refractivity contribution < 1.29 is 14.3 Å². The smallest absolute Gasteiger partial charge is 0.266 e. The van der Waals surface area contributed by atoms with E-state index in [0.717, 1.165) is 45.1 Å². The third-order valence-electron chi connectivity index (χ3n) is 6.53. The maximum absolute atomic E-state index is 13.5. The highest BCUT2D eigenvalue weighted by molar-refractivity contribution is 8.26. The quantitative estimate of drug-likeness (QED) is 0.119. The number of thioether (sulfide) groups is 1. The van der Waals surface area contributed by atoms with Crippen LogP contribution in [-0.2, 0) is 11.2 Å². The van der Waals surface area contributed by atoms with Gasteiger partial charge in [-0.3, -0.25) is 9.69 Å². The number of carbonyl (C=O) groups is 1. The number of carbonyl (C=O) groups excluding carboxylic acids is 1. The van der Waals surface area contributed by atoms with E-state index in [9.17, 15) is 4.79 Å². The molecule has 4 aromatic rings. The Bertz CT molecular complexity index is 1580. The number of nitrogens with zero attached hydrogens (tertiary/aromatic N) is 3. The molecule has 0 radical (unpaired) electrons. The minimum absolute atomic E-state index is 0.0909. The van der Waals surface area contributed by atoms with Crippen LogP contribution in [0.1, 0.15) is 16.7 Å². The van der Waals surface area contributed by atoms with Gasteiger partial charge in [0.15, 0.2) is 0 Å². The Kier molecular flexibility index (Phi) is 8.48. The summed E-state index contributed by atoms with van der Waals surface area (Å²) >= 11 is 6.93. The van der Waals surface area contributed by atoms with Crippen LogP contribution in [0.15, 0.2) is 96.6 Å². The number of rotatable bonds is 10. The fourth-order valence-corrected chi connectivity index (χ4v) is 5.73. The standard InChI is InChI=1S/C32H29N3O3S2/c1-4-18-38-27-14-15-28(22(2)19-27)30-24(21-35(33-30)25-8-6-5-7-9-25)20-29-31(36)34(32(39)40-29)17-16-23-10-12-26(37-3)13-11-23/h4-15,19-21H,1,16-18H2,2-3H3/b29-20-. The summed E-state index contributed by atoms with van der Waals surface area (Å²) in [4.78, 5) is 15.7. The lowest BCUT2D eigenvalue weighted by Gasteiger charge is -2.14. The molecule has 1 aromatic heterocycles. The lowest BCUT2D eigenvalue weighted by Crippen LogP contribution is -2.30. The summed E-state index contributed by atoms with van der Waals surface area (Å²) in [6.45, 7) is 6.69. The van der Waals surface area contributed by atoms with Gasteiger partial charge in [-0.15, -0.1) is 0 Å². The molecule has 0 bridgehead atoms. The maximum atomic E-state index is 13.5. The van der Waals surface area contributed by atoms with E-state index in [1.165, 1.54) is 11.8 Å². The number of aromatic nitrogens is 2. The Hall–Kier alpha value is -4.14. The van der Waals surface area contributed by atoms with Gasteiger partial charge in [0.2, 0.25) is 0 Å². The van der Waals surface area contributed by atoms with Crippen molar-refractivity contribution in [1.29, 1.82) is 0 Å². The Balaban J connectivity index is 1.45. The number of methoxy groups -OCH3 is 1. The zero-order valence-corrected chi connectivity index (χ0v) is 24.0. The number of para-hydroxylation sites is 1. The van der Waals surface area contributed by atoms with Gasteiger partial charge in [0.05, 0.1) is 17.7 Å². The van der Waals surface area contributed by atoms with E-state index in [1.807, 2.05) is 96.7 Å². The van der Waals surface area contributed by atoms with Crippen molar-refractivity contribution in [2.75, 3.05) is 20.3 Å². The minimum Gasteiger partial charge on any atom is -0.497 e. The van der Waals surface area contributed by atoms with Gasteiger partial charge in [0.1, 0.15) is 28.1 Å². The lowest BCUT2D eigenvalue weighted by molar-refractivity contribution is -0.122. The Morgan fingerprint density at radius 3 is 2.50 bits per heavy atom. The fourth-order valence-electron chi connectivity index (χ4n) is 4.43. The van der Waals surface area contributed by atoms with Crippen molar-refractivity contribution in [3.63, 3.8) is 0 Å². The van der Waals surface area contributed by atoms with Gasteiger partial charge >= 0.3 is 0 Å². The number of hydrogen-bond acceptors (Lipinski definition) is 6. The first-order valence-electron chi connectivity index (χ1n) is 12.8. The molecule has 1 aliphatic rings. The van der Waals surface area contributed by atoms with Gasteiger partial charge < -0.3 is 9.47 Å². The molecule has 0 unspecified atom stereocenters. The predicted octanol–water partition coefficient (Wildman–Crippen LogP) is 6.87. The van der Waals surface area contributed by atoms with Crippen LogP contribution in [0, 0.1) is 6.92 Å². The van der Waals surface area contributed by atoms with Gasteiger partial charge in [-0.1, -0.05) is 67.0 Å². The molecule has 5 rings (SSSR count). The molecule has 0 atom stereocenters. The van der Waals surface area contributed by atoms with E-state index >= 15 is 0 Å². The molecule has 1 fully saturated rings. The molecule has 1 saturated heterocycles. The van der Waals surface area contributed by atoms with Crippen LogP contribution in [0.2, 0.25) is 0 Å². The van der Waals surface area contributed by atoms with E-state index in [-0.39, 0.29) is 5.91 Å². The van der Waals surface area contributed by atoms with Crippen LogP contribution in [-0.4, -0.2) is 45.2 Å². The molecular formula is C32H29N3O3S2. The summed E-state index contributed by atoms with van der Waals surface area (Å²) < 4.78 is 13.4. The average molecular weight is 568 g/mol. The zero-order chi connectivity index (χ0) is 28.1. The van der Waals surface area contributed by atoms with Crippen molar-refractivity contribution in [2.24, 2.45) is 0 Å². The summed E-state index contributed by atoms with van der Waals surface area (Å²) in [5.74, 6) is 1.48. The van der Waals surface area contributed by atoms with Crippen molar-refractivity contribution >= 4 is 40.3 Å². The molecule has 1 aliphatic heterocycles. The Labute approximate surface area is 243 Å². The number of benzene rings is 3. The molecule has 8 heteroatoms. The molecule has 0 aliphatic carbocycles. The third kappa shape index (κ3) is 6.03. The summed E-state index contributed by atoms with van der Waals surface area (Å²) in [5.41, 5.74) is 5.63. The molecule has 0 N–H and O–H groups in total. The van der Waals surface area contributed by atoms with Crippen LogP contribution >= 0.6 is 24.0 Å². The van der Waals surface area contributed by atoms with Crippen molar-refractivity contribution in [1.82, 2.24) is 14.7 Å². The highest BCUT2D eigenvalue weighted by atomic mass is 32.2. The predicted molar refractivity (Wildman–Crippen MR) is 166 cm³/mol. The Morgan fingerprint density at radius 1 is 1.05 bits per heavy atom. The molecule has 40 heavy (non-hydrogen) atoms. The highest BCUT2D eigenvalue weighted by Gasteiger charge is 2.32. The number of hydrogen-bond donors (Lipinski definition) is 0. The number of aryl methyl sites for hydroxylation is 1. The van der Waals surface area contributed by atoms with Crippen LogP contribution in [0.3, 0.4) is 0 Å². The van der Waals surface area contributed by atoms with Gasteiger partial charge in [-0.05, 0) is 73.0 Å². The van der Waals surface area contributed by atoms with E-state index < -0.39 is 0 Å². The molecule has 2 heterocycles. The lowest BCUT2D eigenvalue weighted by atomic mass is 10.0. The molecule has 0 saturated carbocycles. The summed E-state index contributed by atoms with van der Waals surface area (Å²) in [6.07, 6.45) is 6.27. The summed E-state index contributed by atoms with van der Waals surface area (Å²) in [5, 5.41) is 4.94. The summed E-state index contributed by atoms with van der Waals surface area (Å²) in [6, 6.07) is 23.7. The van der Waals surface area contributed by atoms with Crippen LogP contribution in [0.25, 0.3) is 23.0 Å². The average Bonchev–Trinajstić information content (AvgIpc) is 3.51. The second-order valence-corrected chi connectivity index (χ2v) is 10.9. The van der Waals surface area contributed by atoms with Gasteiger partial charge in [-0.2, -0.15) is 5.10 Å². The molecule has 3 aromatic carbocycles. The zero-order valence-electron chi connectivity index (χ0n) is 22.4. The van der Waals surface area contributed by atoms with E-state index in [0.29, 0.717) is 28.8 Å². The first-order chi connectivity index (χ1) is 19.5. The van der Waals surface area contributed by atoms with Crippen LogP contribution < -0.4 is 9.47 Å². The van der Waals surface area contributed by atoms with Gasteiger partial charge in [0, 0.05) is 23.9 Å². The van der Waals surface area contributed by atoms with E-state index in [1.54, 1.807) is 18.1 Å². The topological polar surface area (TPSA) is 56.6 Å². The molecule has 6 nitrogen and oxygen atoms in total. The van der Waals surface area contributed by atoms with Crippen molar-refractivity contribution in [3.05, 3.63) is 113 Å². The number of ether oxygens (including phenoxy) is 2. The highest BCUT2D eigenvalue weighted by Crippen LogP contribution is 2.36. The summed E-state index contributed by atoms with van der Waals surface area (Å²) in [7, 11) is 1.64. The number of thiocarbonyl (C=S) groups is 1. The van der Waals surface area contributed by atoms with Gasteiger partial charge in [0.25, 0.3) is 5.91 Å². The van der Waals surface area contributed by atoms with Crippen LogP contribution in [0.4, 0.5) is 0 Å². The monoisotopic (exact) mass is 567 g/mol. The maximum Gasteiger partial charge on any atom is 0.266 e. The van der Waals surface area contributed by atoms with Crippen LogP contribution in [0.5, 0.6) is 11.5 Å². The first kappa shape index (κ1) is 27.4. The van der Waals surface area contributed by atoms with E-state index in [2.05, 4.69) is 6.58 Å². The third-order valence-corrected chi connectivity index (χ3v) is 7.91. The van der Waals surface area contributed by atoms with Gasteiger partial charge in [-0.25, -0.2) is 4.68 Å². The van der Waals surface area contributed by atoms with Crippen molar-refractivity contribution in [2.45, 2.75) is 13.3 Å². The Morgan fingerprint density at radius 2 is 1.80 bits per heavy atom. The van der Waals surface area contributed by atoms with E-state index in [4.69, 9.17) is 26.8 Å². The van der Waals surface area contributed by atoms with Crippen molar-refractivity contribution in [3.8, 4) is 28.4 Å². The molecule has 1 amide bonds. The second-order valence-electron chi connectivity index (χ2n) is 9.22.